The van der Waals surface area contributed by atoms with E-state index in [2.05, 4.69) is 16.3 Å². The number of anilines is 1. The molecule has 0 radical (unpaired) electrons. The number of fused-ring (bicyclic) bond motifs is 2. The van der Waals surface area contributed by atoms with Crippen LogP contribution < -0.4 is 5.32 Å². The Bertz CT molecular complexity index is 479. The Balaban J connectivity index is 1.84. The average molecular weight is 245 g/mol. The minimum absolute atomic E-state index is 0.248. The van der Waals surface area contributed by atoms with Crippen molar-refractivity contribution in [3.8, 4) is 6.07 Å². The second kappa shape index (κ2) is 4.25. The highest BCUT2D eigenvalue weighted by Crippen LogP contribution is 2.37. The molecular formula is C14H16FN3. The molecular weight excluding hydrogens is 229 g/mol. The van der Waals surface area contributed by atoms with E-state index in [-0.39, 0.29) is 5.82 Å². The first-order valence-electron chi connectivity index (χ1n) is 6.39. The molecule has 0 aromatic heterocycles. The first-order chi connectivity index (χ1) is 8.72. The summed E-state index contributed by atoms with van der Waals surface area (Å²) in [6, 6.07) is 8.74. The molecule has 2 saturated heterocycles. The number of nitriles is 1. The van der Waals surface area contributed by atoms with Gasteiger partial charge in [0.2, 0.25) is 0 Å². The Hall–Kier alpha value is -1.60. The number of hydrogen-bond acceptors (Lipinski definition) is 3. The fourth-order valence-electron chi connectivity index (χ4n) is 3.11. The molecule has 0 spiro atoms. The quantitative estimate of drug-likeness (QED) is 0.868. The number of benzene rings is 1. The molecule has 2 aliphatic rings. The maximum atomic E-state index is 12.9. The molecule has 1 aromatic carbocycles. The first-order valence-corrected chi connectivity index (χ1v) is 6.39. The third kappa shape index (κ3) is 1.85. The van der Waals surface area contributed by atoms with Gasteiger partial charge in [0.1, 0.15) is 11.4 Å². The molecule has 2 fully saturated rings. The number of halogens is 1. The van der Waals surface area contributed by atoms with Gasteiger partial charge in [-0.3, -0.25) is 0 Å². The molecule has 2 heterocycles. The van der Waals surface area contributed by atoms with Gasteiger partial charge in [-0.2, -0.15) is 5.26 Å². The lowest BCUT2D eigenvalue weighted by Crippen LogP contribution is -2.50. The Morgan fingerprint density at radius 1 is 1.33 bits per heavy atom. The summed E-state index contributed by atoms with van der Waals surface area (Å²) in [5.41, 5.74) is 0.350. The molecule has 3 atom stereocenters. The van der Waals surface area contributed by atoms with Gasteiger partial charge in [-0.1, -0.05) is 0 Å². The van der Waals surface area contributed by atoms with Crippen LogP contribution in [0, 0.1) is 23.1 Å². The number of rotatable bonds is 2. The van der Waals surface area contributed by atoms with Crippen molar-refractivity contribution < 1.29 is 4.39 Å². The maximum absolute atomic E-state index is 12.9. The molecule has 2 bridgehead atoms. The van der Waals surface area contributed by atoms with Crippen LogP contribution in [0.4, 0.5) is 10.1 Å². The molecule has 3 nitrogen and oxygen atoms in total. The van der Waals surface area contributed by atoms with E-state index >= 15 is 0 Å². The first kappa shape index (κ1) is 11.5. The van der Waals surface area contributed by atoms with Crippen LogP contribution in [-0.4, -0.2) is 30.1 Å². The van der Waals surface area contributed by atoms with E-state index in [9.17, 15) is 9.65 Å². The normalized spacial score (nSPS) is 34.0. The number of nitrogens with zero attached hydrogens (tertiary/aromatic N) is 2. The fourth-order valence-corrected chi connectivity index (χ4v) is 3.11. The Labute approximate surface area is 106 Å². The topological polar surface area (TPSA) is 39.1 Å². The molecule has 1 aromatic rings. The number of nitrogens with one attached hydrogen (secondary N) is 1. The smallest absolute Gasteiger partial charge is 0.130 e. The van der Waals surface area contributed by atoms with Crippen molar-refractivity contribution in [2.45, 2.75) is 18.4 Å². The zero-order valence-electron chi connectivity index (χ0n) is 10.2. The van der Waals surface area contributed by atoms with Crippen LogP contribution in [0.1, 0.15) is 12.8 Å². The zero-order chi connectivity index (χ0) is 12.6. The summed E-state index contributed by atoms with van der Waals surface area (Å²) in [6.45, 7) is 3.07. The zero-order valence-corrected chi connectivity index (χ0v) is 10.2. The van der Waals surface area contributed by atoms with Gasteiger partial charge in [0.25, 0.3) is 0 Å². The van der Waals surface area contributed by atoms with Gasteiger partial charge in [0.15, 0.2) is 0 Å². The van der Waals surface area contributed by atoms with Gasteiger partial charge >= 0.3 is 0 Å². The summed E-state index contributed by atoms with van der Waals surface area (Å²) in [7, 11) is 0. The van der Waals surface area contributed by atoms with Crippen LogP contribution in [0.25, 0.3) is 0 Å². The highest BCUT2D eigenvalue weighted by molar-refractivity contribution is 5.48. The summed E-state index contributed by atoms with van der Waals surface area (Å²) in [5.74, 6) is 0.128. The molecule has 3 unspecified atom stereocenters. The van der Waals surface area contributed by atoms with E-state index in [1.807, 2.05) is 0 Å². The van der Waals surface area contributed by atoms with E-state index in [4.69, 9.17) is 0 Å². The highest BCUT2D eigenvalue weighted by Gasteiger charge is 2.46. The lowest BCUT2D eigenvalue weighted by atomic mass is 9.80. The molecule has 1 N–H and O–H groups in total. The second-order valence-electron chi connectivity index (χ2n) is 5.25. The molecule has 0 saturated carbocycles. The summed E-state index contributed by atoms with van der Waals surface area (Å²) < 4.78 is 12.9. The van der Waals surface area contributed by atoms with Gasteiger partial charge in [-0.15, -0.1) is 0 Å². The summed E-state index contributed by atoms with van der Waals surface area (Å²) in [4.78, 5) is 2.41. The Morgan fingerprint density at radius 2 is 2.11 bits per heavy atom. The van der Waals surface area contributed by atoms with Crippen LogP contribution in [-0.2, 0) is 0 Å². The lowest BCUT2D eigenvalue weighted by Gasteiger charge is -2.38. The minimum Gasteiger partial charge on any atom is -0.367 e. The van der Waals surface area contributed by atoms with E-state index in [1.165, 1.54) is 12.1 Å². The lowest BCUT2D eigenvalue weighted by molar-refractivity contribution is 0.221. The standard InChI is InChI=1S/C14H16FN3/c15-12-1-3-13(4-2-12)17-14(10-16)6-8-18-7-5-11(14)9-18/h1-4,11,17H,5-9H2. The van der Waals surface area contributed by atoms with Crippen molar-refractivity contribution in [1.29, 1.82) is 5.26 Å². The van der Waals surface area contributed by atoms with Gasteiger partial charge < -0.3 is 10.2 Å². The van der Waals surface area contributed by atoms with Crippen LogP contribution in [0.3, 0.4) is 0 Å². The van der Waals surface area contributed by atoms with Crippen molar-refractivity contribution in [3.05, 3.63) is 30.1 Å². The average Bonchev–Trinajstić information content (AvgIpc) is 2.81. The van der Waals surface area contributed by atoms with Gasteiger partial charge in [0.05, 0.1) is 6.07 Å². The molecule has 0 aliphatic carbocycles. The SMILES string of the molecule is N#CC1(Nc2ccc(F)cc2)CCN2CCC1C2. The van der Waals surface area contributed by atoms with Crippen molar-refractivity contribution >= 4 is 5.69 Å². The monoisotopic (exact) mass is 245 g/mol. The van der Waals surface area contributed by atoms with Crippen molar-refractivity contribution in [3.63, 3.8) is 0 Å². The summed E-state index contributed by atoms with van der Waals surface area (Å²) in [5, 5.41) is 12.9. The van der Waals surface area contributed by atoms with Crippen LogP contribution in [0.15, 0.2) is 24.3 Å². The van der Waals surface area contributed by atoms with E-state index in [0.717, 1.165) is 38.2 Å². The highest BCUT2D eigenvalue weighted by atomic mass is 19.1. The number of piperidine rings is 1. The molecule has 3 rings (SSSR count). The van der Waals surface area contributed by atoms with Crippen molar-refractivity contribution in [2.75, 3.05) is 25.0 Å². The van der Waals surface area contributed by atoms with Crippen LogP contribution in [0.2, 0.25) is 0 Å². The minimum atomic E-state index is -0.481. The molecule has 4 heteroatoms. The van der Waals surface area contributed by atoms with Gasteiger partial charge in [-0.05, 0) is 43.7 Å². The molecule has 2 aliphatic heterocycles. The van der Waals surface area contributed by atoms with Crippen LogP contribution >= 0.6 is 0 Å². The van der Waals surface area contributed by atoms with Crippen LogP contribution in [0.5, 0.6) is 0 Å². The molecule has 94 valence electrons. The van der Waals surface area contributed by atoms with Gasteiger partial charge in [-0.25, -0.2) is 4.39 Å². The predicted octanol–water partition coefficient (Wildman–Crippen LogP) is 2.23. The van der Waals surface area contributed by atoms with Gasteiger partial charge in [0, 0.05) is 24.7 Å². The third-order valence-corrected chi connectivity index (χ3v) is 4.20. The Morgan fingerprint density at radius 3 is 2.83 bits per heavy atom. The molecule has 18 heavy (non-hydrogen) atoms. The summed E-state index contributed by atoms with van der Waals surface area (Å²) >= 11 is 0. The van der Waals surface area contributed by atoms with E-state index < -0.39 is 5.54 Å². The summed E-state index contributed by atoms with van der Waals surface area (Å²) in [6.07, 6.45) is 1.91. The van der Waals surface area contributed by atoms with Crippen molar-refractivity contribution in [2.24, 2.45) is 5.92 Å². The largest absolute Gasteiger partial charge is 0.367 e. The van der Waals surface area contributed by atoms with E-state index in [1.54, 1.807) is 12.1 Å². The molecule has 0 amide bonds. The second-order valence-corrected chi connectivity index (χ2v) is 5.25. The fraction of sp³-hybridized carbons (Fsp3) is 0.500. The third-order valence-electron chi connectivity index (χ3n) is 4.20. The van der Waals surface area contributed by atoms with Crippen molar-refractivity contribution in [1.82, 2.24) is 4.90 Å². The van der Waals surface area contributed by atoms with E-state index in [0.29, 0.717) is 5.92 Å². The maximum Gasteiger partial charge on any atom is 0.130 e. The predicted molar refractivity (Wildman–Crippen MR) is 67.5 cm³/mol. The number of hydrogen-bond donors (Lipinski definition) is 1. The Kier molecular flexibility index (Phi) is 2.71.